The lowest BCUT2D eigenvalue weighted by Crippen LogP contribution is -2.29. The van der Waals surface area contributed by atoms with Crippen LogP contribution in [-0.4, -0.2) is 24.5 Å². The highest BCUT2D eigenvalue weighted by Crippen LogP contribution is 2.20. The molecule has 1 unspecified atom stereocenters. The first kappa shape index (κ1) is 13.4. The maximum absolute atomic E-state index is 12.0. The second-order valence-electron chi connectivity index (χ2n) is 4.69. The van der Waals surface area contributed by atoms with Crippen LogP contribution in [0.1, 0.15) is 13.3 Å². The minimum absolute atomic E-state index is 0.0110. The fourth-order valence-corrected chi connectivity index (χ4v) is 1.81. The van der Waals surface area contributed by atoms with E-state index < -0.39 is 5.76 Å². The Morgan fingerprint density at radius 2 is 2.26 bits per heavy atom. The molecule has 1 aromatic heterocycles. The van der Waals surface area contributed by atoms with Crippen LogP contribution in [0.2, 0.25) is 0 Å². The molecule has 0 spiro atoms. The maximum Gasteiger partial charge on any atom is 0.417 e. The molecule has 19 heavy (non-hydrogen) atoms. The van der Waals surface area contributed by atoms with Crippen LogP contribution < -0.4 is 16.4 Å². The number of fused-ring (bicyclic) bond motifs is 1. The summed E-state index contributed by atoms with van der Waals surface area (Å²) in [5, 5.41) is 0. The molecule has 0 bridgehead atoms. The number of hydrogen-bond donors (Lipinski definition) is 2. The van der Waals surface area contributed by atoms with Gasteiger partial charge in [-0.05, 0) is 30.7 Å². The van der Waals surface area contributed by atoms with Crippen molar-refractivity contribution in [1.29, 1.82) is 0 Å². The summed E-state index contributed by atoms with van der Waals surface area (Å²) in [6, 6.07) is 5.12. The zero-order valence-electron chi connectivity index (χ0n) is 11.0. The Morgan fingerprint density at radius 1 is 1.53 bits per heavy atom. The van der Waals surface area contributed by atoms with Crippen LogP contribution in [-0.2, 0) is 4.79 Å². The van der Waals surface area contributed by atoms with E-state index in [1.54, 1.807) is 30.1 Å². The number of H-pyrrole nitrogens is 1. The summed E-state index contributed by atoms with van der Waals surface area (Å²) in [4.78, 5) is 27.2. The van der Waals surface area contributed by atoms with E-state index >= 15 is 0 Å². The van der Waals surface area contributed by atoms with E-state index in [4.69, 9.17) is 10.2 Å². The minimum atomic E-state index is -0.502. The Labute approximate surface area is 110 Å². The molecule has 0 radical (unpaired) electrons. The normalized spacial score (nSPS) is 12.6. The summed E-state index contributed by atoms with van der Waals surface area (Å²) >= 11 is 0. The number of carbonyl (C=O) groups excluding carboxylic acids is 1. The molecular formula is C13H17N3O3. The largest absolute Gasteiger partial charge is 0.417 e. The highest BCUT2D eigenvalue weighted by atomic mass is 16.4. The van der Waals surface area contributed by atoms with E-state index in [0.29, 0.717) is 29.8 Å². The SMILES string of the molecule is CC(CN)CC(=O)N(C)c1ccc2oc(=O)[nH]c2c1. The monoisotopic (exact) mass is 263 g/mol. The number of amides is 1. The Morgan fingerprint density at radius 3 is 2.95 bits per heavy atom. The molecule has 6 nitrogen and oxygen atoms in total. The van der Waals surface area contributed by atoms with Gasteiger partial charge in [-0.15, -0.1) is 0 Å². The molecule has 1 atom stereocenters. The van der Waals surface area contributed by atoms with Gasteiger partial charge in [-0.2, -0.15) is 0 Å². The van der Waals surface area contributed by atoms with Crippen molar-refractivity contribution in [2.75, 3.05) is 18.5 Å². The second kappa shape index (κ2) is 5.27. The van der Waals surface area contributed by atoms with E-state index in [2.05, 4.69) is 4.98 Å². The minimum Gasteiger partial charge on any atom is -0.408 e. The molecule has 2 aromatic rings. The summed E-state index contributed by atoms with van der Waals surface area (Å²) in [5.41, 5.74) is 7.28. The molecule has 0 saturated carbocycles. The molecule has 1 amide bonds. The summed E-state index contributed by atoms with van der Waals surface area (Å²) < 4.78 is 4.91. The first-order chi connectivity index (χ1) is 9.01. The molecule has 2 rings (SSSR count). The fourth-order valence-electron chi connectivity index (χ4n) is 1.81. The number of nitrogens with two attached hydrogens (primary N) is 1. The third kappa shape index (κ3) is 2.85. The van der Waals surface area contributed by atoms with Gasteiger partial charge in [-0.1, -0.05) is 6.92 Å². The number of anilines is 1. The van der Waals surface area contributed by atoms with Crippen molar-refractivity contribution >= 4 is 22.7 Å². The molecule has 0 fully saturated rings. The van der Waals surface area contributed by atoms with Crippen LogP contribution in [0.5, 0.6) is 0 Å². The number of aromatic nitrogens is 1. The molecule has 0 aliphatic carbocycles. The van der Waals surface area contributed by atoms with E-state index in [9.17, 15) is 9.59 Å². The Hall–Kier alpha value is -2.08. The Kier molecular flexibility index (Phi) is 3.71. The van der Waals surface area contributed by atoms with Crippen LogP contribution in [0.4, 0.5) is 5.69 Å². The average Bonchev–Trinajstić information content (AvgIpc) is 2.76. The van der Waals surface area contributed by atoms with E-state index in [-0.39, 0.29) is 11.8 Å². The first-order valence-electron chi connectivity index (χ1n) is 6.10. The van der Waals surface area contributed by atoms with Crippen LogP contribution in [0.25, 0.3) is 11.1 Å². The van der Waals surface area contributed by atoms with Crippen molar-refractivity contribution in [2.24, 2.45) is 11.7 Å². The van der Waals surface area contributed by atoms with Crippen molar-refractivity contribution in [3.8, 4) is 0 Å². The van der Waals surface area contributed by atoms with Gasteiger partial charge >= 0.3 is 5.76 Å². The predicted molar refractivity (Wildman–Crippen MR) is 73.1 cm³/mol. The molecule has 1 aromatic carbocycles. The lowest BCUT2D eigenvalue weighted by molar-refractivity contribution is -0.119. The molecule has 102 valence electrons. The van der Waals surface area contributed by atoms with Crippen molar-refractivity contribution < 1.29 is 9.21 Å². The number of oxazole rings is 1. The maximum atomic E-state index is 12.0. The van der Waals surface area contributed by atoms with Crippen molar-refractivity contribution in [3.63, 3.8) is 0 Å². The van der Waals surface area contributed by atoms with Gasteiger partial charge in [0.2, 0.25) is 5.91 Å². The van der Waals surface area contributed by atoms with Crippen LogP contribution >= 0.6 is 0 Å². The topological polar surface area (TPSA) is 92.3 Å². The summed E-state index contributed by atoms with van der Waals surface area (Å²) in [7, 11) is 1.70. The zero-order chi connectivity index (χ0) is 14.0. The van der Waals surface area contributed by atoms with Gasteiger partial charge in [0.05, 0.1) is 5.52 Å². The van der Waals surface area contributed by atoms with Crippen LogP contribution in [0.15, 0.2) is 27.4 Å². The number of aromatic amines is 1. The van der Waals surface area contributed by atoms with Crippen molar-refractivity contribution in [1.82, 2.24) is 4.98 Å². The molecule has 1 heterocycles. The second-order valence-corrected chi connectivity index (χ2v) is 4.69. The predicted octanol–water partition coefficient (Wildman–Crippen LogP) is 1.07. The zero-order valence-corrected chi connectivity index (χ0v) is 11.0. The van der Waals surface area contributed by atoms with Gasteiger partial charge in [0, 0.05) is 19.2 Å². The molecule has 0 aliphatic rings. The molecule has 6 heteroatoms. The molecule has 3 N–H and O–H groups in total. The Bertz CT molecular complexity index is 644. The number of nitrogens with one attached hydrogen (secondary N) is 1. The van der Waals surface area contributed by atoms with E-state index in [1.165, 1.54) is 0 Å². The van der Waals surface area contributed by atoms with E-state index in [1.807, 2.05) is 6.92 Å². The highest BCUT2D eigenvalue weighted by molar-refractivity contribution is 5.94. The Balaban J connectivity index is 2.23. The third-order valence-corrected chi connectivity index (χ3v) is 3.09. The van der Waals surface area contributed by atoms with Crippen molar-refractivity contribution in [2.45, 2.75) is 13.3 Å². The van der Waals surface area contributed by atoms with Gasteiger partial charge in [-0.3, -0.25) is 9.78 Å². The van der Waals surface area contributed by atoms with Gasteiger partial charge < -0.3 is 15.1 Å². The number of rotatable bonds is 4. The van der Waals surface area contributed by atoms with E-state index in [0.717, 1.165) is 0 Å². The lowest BCUT2D eigenvalue weighted by atomic mass is 10.1. The summed E-state index contributed by atoms with van der Waals surface area (Å²) in [6.07, 6.45) is 0.396. The fraction of sp³-hybridized carbons (Fsp3) is 0.385. The van der Waals surface area contributed by atoms with Crippen LogP contribution in [0, 0.1) is 5.92 Å². The van der Waals surface area contributed by atoms with Crippen molar-refractivity contribution in [3.05, 3.63) is 28.7 Å². The summed E-state index contributed by atoms with van der Waals surface area (Å²) in [5.74, 6) is -0.367. The molecular weight excluding hydrogens is 246 g/mol. The summed E-state index contributed by atoms with van der Waals surface area (Å²) in [6.45, 7) is 2.41. The lowest BCUT2D eigenvalue weighted by Gasteiger charge is -2.19. The number of hydrogen-bond acceptors (Lipinski definition) is 4. The van der Waals surface area contributed by atoms with Gasteiger partial charge in [0.15, 0.2) is 5.58 Å². The first-order valence-corrected chi connectivity index (χ1v) is 6.10. The van der Waals surface area contributed by atoms with Crippen LogP contribution in [0.3, 0.4) is 0 Å². The van der Waals surface area contributed by atoms with Gasteiger partial charge in [0.25, 0.3) is 0 Å². The van der Waals surface area contributed by atoms with Gasteiger partial charge in [-0.25, -0.2) is 4.79 Å². The smallest absolute Gasteiger partial charge is 0.408 e. The molecule has 0 aliphatic heterocycles. The molecule has 0 saturated heterocycles. The quantitative estimate of drug-likeness (QED) is 0.863. The average molecular weight is 263 g/mol. The standard InChI is InChI=1S/C13H17N3O3/c1-8(7-14)5-12(17)16(2)9-3-4-11-10(6-9)15-13(18)19-11/h3-4,6,8H,5,7,14H2,1-2H3,(H,15,18). The highest BCUT2D eigenvalue weighted by Gasteiger charge is 2.15. The number of nitrogens with zero attached hydrogens (tertiary/aromatic N) is 1. The third-order valence-electron chi connectivity index (χ3n) is 3.09. The number of benzene rings is 1. The van der Waals surface area contributed by atoms with Gasteiger partial charge in [0.1, 0.15) is 0 Å². The number of carbonyl (C=O) groups is 1.